The Morgan fingerprint density at radius 1 is 1.42 bits per heavy atom. The number of aromatic nitrogens is 2. The van der Waals surface area contributed by atoms with Gasteiger partial charge in [-0.1, -0.05) is 6.58 Å². The largest absolute Gasteiger partial charge is 0.482 e. The van der Waals surface area contributed by atoms with Crippen LogP contribution in [0.25, 0.3) is 0 Å². The number of Topliss-reactive ketones (excluding diaryl/α,β-unsaturated/α-hetero) is 1. The molecule has 3 rings (SSSR count). The van der Waals surface area contributed by atoms with Gasteiger partial charge in [0.15, 0.2) is 5.78 Å². The van der Waals surface area contributed by atoms with Crippen molar-refractivity contribution in [2.24, 2.45) is 0 Å². The number of hydrogen-bond donors (Lipinski definition) is 2. The molecule has 1 aliphatic heterocycles. The summed E-state index contributed by atoms with van der Waals surface area (Å²) in [5.41, 5.74) is 1.90. The van der Waals surface area contributed by atoms with Crippen LogP contribution in [-0.2, 0) is 4.79 Å². The Kier molecular flexibility index (Phi) is 5.11. The molecule has 0 radical (unpaired) electrons. The third kappa shape index (κ3) is 3.79. The second-order valence-corrected chi connectivity index (χ2v) is 6.26. The molecule has 1 aliphatic rings. The predicted molar refractivity (Wildman–Crippen MR) is 99.7 cm³/mol. The molecule has 26 heavy (non-hydrogen) atoms. The van der Waals surface area contributed by atoms with Crippen molar-refractivity contribution in [3.8, 4) is 5.75 Å². The fraction of sp³-hybridized carbons (Fsp3) is 0.176. The van der Waals surface area contributed by atoms with Crippen LogP contribution in [0.5, 0.6) is 5.75 Å². The third-order valence-corrected chi connectivity index (χ3v) is 4.19. The molecule has 1 unspecified atom stereocenters. The zero-order valence-electron chi connectivity index (χ0n) is 13.7. The molecular formula is C17H14Cl2N4O3. The van der Waals surface area contributed by atoms with Crippen LogP contribution >= 0.6 is 23.2 Å². The molecule has 0 bridgehead atoms. The molecule has 0 spiro atoms. The maximum Gasteiger partial charge on any atom is 0.251 e. The van der Waals surface area contributed by atoms with Crippen molar-refractivity contribution >= 4 is 51.4 Å². The molecular weight excluding hydrogens is 379 g/mol. The van der Waals surface area contributed by atoms with Crippen LogP contribution in [0.2, 0.25) is 5.28 Å². The highest BCUT2D eigenvalue weighted by Gasteiger charge is 2.25. The van der Waals surface area contributed by atoms with Crippen LogP contribution in [0.4, 0.5) is 17.2 Å². The maximum atomic E-state index is 11.7. The van der Waals surface area contributed by atoms with E-state index in [0.29, 0.717) is 35.1 Å². The number of fused-ring (bicyclic) bond motifs is 1. The van der Waals surface area contributed by atoms with E-state index < -0.39 is 11.3 Å². The van der Waals surface area contributed by atoms with E-state index in [4.69, 9.17) is 27.9 Å². The first kappa shape index (κ1) is 18.2. The van der Waals surface area contributed by atoms with Gasteiger partial charge in [0.2, 0.25) is 5.28 Å². The second-order valence-electron chi connectivity index (χ2n) is 5.58. The Morgan fingerprint density at radius 3 is 2.88 bits per heavy atom. The third-order valence-electron chi connectivity index (χ3n) is 3.77. The Labute approximate surface area is 159 Å². The quantitative estimate of drug-likeness (QED) is 0.347. The lowest BCUT2D eigenvalue weighted by Crippen LogP contribution is -2.33. The van der Waals surface area contributed by atoms with Crippen molar-refractivity contribution in [3.63, 3.8) is 0 Å². The van der Waals surface area contributed by atoms with E-state index in [1.807, 2.05) is 0 Å². The summed E-state index contributed by atoms with van der Waals surface area (Å²) >= 11 is 11.3. The fourth-order valence-corrected chi connectivity index (χ4v) is 2.67. The van der Waals surface area contributed by atoms with E-state index in [1.54, 1.807) is 18.2 Å². The van der Waals surface area contributed by atoms with Gasteiger partial charge in [-0.2, -0.15) is 4.98 Å². The number of hydrogen-bond acceptors (Lipinski definition) is 7. The summed E-state index contributed by atoms with van der Waals surface area (Å²) in [4.78, 5) is 30.8. The Balaban J connectivity index is 1.83. The van der Waals surface area contributed by atoms with E-state index >= 15 is 0 Å². The van der Waals surface area contributed by atoms with Gasteiger partial charge in [-0.25, -0.2) is 4.98 Å². The number of carbonyl (C=O) groups is 2. The first-order valence-electron chi connectivity index (χ1n) is 7.59. The first-order valence-corrected chi connectivity index (χ1v) is 8.34. The summed E-state index contributed by atoms with van der Waals surface area (Å²) in [6, 6.07) is 5.25. The molecule has 134 valence electrons. The summed E-state index contributed by atoms with van der Waals surface area (Å²) in [7, 11) is 0. The van der Waals surface area contributed by atoms with Crippen molar-refractivity contribution in [2.45, 2.75) is 13.0 Å². The van der Waals surface area contributed by atoms with Gasteiger partial charge in [0, 0.05) is 17.5 Å². The molecule has 7 nitrogen and oxygen atoms in total. The maximum absolute atomic E-state index is 11.7. The number of carbonyl (C=O) groups excluding carboxylic acids is 2. The van der Waals surface area contributed by atoms with Gasteiger partial charge in [0.05, 0.1) is 17.8 Å². The average Bonchev–Trinajstić information content (AvgIpc) is 2.60. The number of ether oxygens (including phenoxy) is 1. The van der Waals surface area contributed by atoms with Crippen molar-refractivity contribution < 1.29 is 14.3 Å². The highest BCUT2D eigenvalue weighted by molar-refractivity contribution is 6.67. The van der Waals surface area contributed by atoms with Gasteiger partial charge >= 0.3 is 0 Å². The molecule has 2 heterocycles. The van der Waals surface area contributed by atoms with Crippen LogP contribution in [0.1, 0.15) is 17.3 Å². The molecule has 2 aromatic rings. The van der Waals surface area contributed by atoms with Gasteiger partial charge in [0.25, 0.3) is 5.24 Å². The number of nitrogens with zero attached hydrogens (tertiary/aromatic N) is 2. The summed E-state index contributed by atoms with van der Waals surface area (Å²) < 4.78 is 5.75. The lowest BCUT2D eigenvalue weighted by Gasteiger charge is -2.28. The van der Waals surface area contributed by atoms with Crippen molar-refractivity contribution in [1.82, 2.24) is 9.97 Å². The summed E-state index contributed by atoms with van der Waals surface area (Å²) in [6.07, 6.45) is 0.843. The Bertz CT molecular complexity index is 917. The molecule has 0 fully saturated rings. The van der Waals surface area contributed by atoms with E-state index in [0.717, 1.165) is 0 Å². The summed E-state index contributed by atoms with van der Waals surface area (Å²) in [5.74, 6) is 0.683. The number of nitrogens with one attached hydrogen (secondary N) is 2. The topological polar surface area (TPSA) is 93.2 Å². The van der Waals surface area contributed by atoms with Crippen molar-refractivity contribution in [2.75, 3.05) is 17.2 Å². The Hall–Kier alpha value is -2.64. The van der Waals surface area contributed by atoms with Gasteiger partial charge in [-0.15, -0.1) is 0 Å². The van der Waals surface area contributed by atoms with Gasteiger partial charge in [-0.05, 0) is 48.3 Å². The first-order chi connectivity index (χ1) is 12.3. The normalized spacial score (nSPS) is 15.3. The molecule has 1 atom stereocenters. The predicted octanol–water partition coefficient (Wildman–Crippen LogP) is 3.57. The molecule has 0 amide bonds. The number of anilines is 3. The molecule has 1 aromatic carbocycles. The SMILES string of the molecule is C=C(C(=O)Cl)C1CNc2cc(Nc3nc(Cl)ncc3C(C)=O)ccc2O1. The van der Waals surface area contributed by atoms with Crippen LogP contribution in [0.15, 0.2) is 36.5 Å². The van der Waals surface area contributed by atoms with E-state index in [9.17, 15) is 9.59 Å². The van der Waals surface area contributed by atoms with Crippen LogP contribution < -0.4 is 15.4 Å². The molecule has 0 saturated heterocycles. The van der Waals surface area contributed by atoms with E-state index in [1.165, 1.54) is 13.1 Å². The van der Waals surface area contributed by atoms with Gasteiger partial charge < -0.3 is 15.4 Å². The standard InChI is InChI=1S/C17H14Cl2N4O3/c1-8(15(18)25)14-7-20-12-5-10(3-4-13(12)26-14)22-16-11(9(2)24)6-21-17(19)23-16/h3-6,14,20H,1,7H2,2H3,(H,21,22,23). The lowest BCUT2D eigenvalue weighted by atomic mass is 10.1. The molecule has 0 saturated carbocycles. The lowest BCUT2D eigenvalue weighted by molar-refractivity contribution is -0.109. The average molecular weight is 393 g/mol. The summed E-state index contributed by atoms with van der Waals surface area (Å²) in [6.45, 7) is 5.42. The zero-order valence-corrected chi connectivity index (χ0v) is 15.2. The minimum atomic E-state index is -0.629. The van der Waals surface area contributed by atoms with Crippen LogP contribution in [0.3, 0.4) is 0 Å². The fourth-order valence-electron chi connectivity index (χ4n) is 2.42. The van der Waals surface area contributed by atoms with Crippen LogP contribution in [0, 0.1) is 0 Å². The second kappa shape index (κ2) is 7.31. The number of benzene rings is 1. The molecule has 1 aromatic heterocycles. The van der Waals surface area contributed by atoms with E-state index in [-0.39, 0.29) is 16.6 Å². The van der Waals surface area contributed by atoms with Gasteiger partial charge in [-0.3, -0.25) is 9.59 Å². The molecule has 2 N–H and O–H groups in total. The minimum absolute atomic E-state index is 0.0315. The number of ketones is 1. The van der Waals surface area contributed by atoms with Crippen LogP contribution in [-0.4, -0.2) is 33.6 Å². The monoisotopic (exact) mass is 392 g/mol. The number of rotatable bonds is 5. The minimum Gasteiger partial charge on any atom is -0.482 e. The smallest absolute Gasteiger partial charge is 0.251 e. The highest BCUT2D eigenvalue weighted by atomic mass is 35.5. The number of halogens is 2. The molecule has 9 heteroatoms. The highest BCUT2D eigenvalue weighted by Crippen LogP contribution is 2.34. The van der Waals surface area contributed by atoms with E-state index in [2.05, 4.69) is 27.2 Å². The zero-order chi connectivity index (χ0) is 18.8. The van der Waals surface area contributed by atoms with Crippen molar-refractivity contribution in [3.05, 3.63) is 47.4 Å². The molecule has 0 aliphatic carbocycles. The summed E-state index contributed by atoms with van der Waals surface area (Å²) in [5, 5.41) is 5.62. The Morgan fingerprint density at radius 2 is 2.19 bits per heavy atom. The van der Waals surface area contributed by atoms with Crippen molar-refractivity contribution in [1.29, 1.82) is 0 Å². The van der Waals surface area contributed by atoms with Gasteiger partial charge in [0.1, 0.15) is 17.7 Å².